The van der Waals surface area contributed by atoms with Gasteiger partial charge in [0, 0.05) is 29.2 Å². The van der Waals surface area contributed by atoms with Crippen LogP contribution in [0.15, 0.2) is 18.2 Å². The van der Waals surface area contributed by atoms with Crippen molar-refractivity contribution in [3.63, 3.8) is 0 Å². The Balaban J connectivity index is 2.52. The molecular weight excluding hydrogens is 262 g/mol. The van der Waals surface area contributed by atoms with Crippen LogP contribution in [-0.2, 0) is 4.79 Å². The van der Waals surface area contributed by atoms with E-state index < -0.39 is 11.4 Å². The van der Waals surface area contributed by atoms with E-state index in [0.29, 0.717) is 11.1 Å². The molecule has 3 nitrogen and oxygen atoms in total. The van der Waals surface area contributed by atoms with Crippen LogP contribution in [0, 0.1) is 5.41 Å². The van der Waals surface area contributed by atoms with Gasteiger partial charge in [-0.15, -0.1) is 0 Å². The summed E-state index contributed by atoms with van der Waals surface area (Å²) in [6.45, 7) is 8.54. The molecule has 0 radical (unpaired) electrons. The molecule has 0 spiro atoms. The van der Waals surface area contributed by atoms with Gasteiger partial charge in [-0.1, -0.05) is 11.6 Å². The number of hydrogen-bond acceptors (Lipinski definition) is 2. The summed E-state index contributed by atoms with van der Waals surface area (Å²) in [6.07, 6.45) is 0. The smallest absolute Gasteiger partial charge is 0.309 e. The zero-order chi connectivity index (χ0) is 14.4. The Morgan fingerprint density at radius 3 is 2.63 bits per heavy atom. The lowest BCUT2D eigenvalue weighted by molar-refractivity contribution is -0.148. The highest BCUT2D eigenvalue weighted by molar-refractivity contribution is 6.30. The van der Waals surface area contributed by atoms with Gasteiger partial charge in [0.25, 0.3) is 0 Å². The molecule has 0 aromatic heterocycles. The summed E-state index contributed by atoms with van der Waals surface area (Å²) >= 11 is 6.08. The molecule has 1 atom stereocenters. The van der Waals surface area contributed by atoms with Crippen molar-refractivity contribution >= 4 is 23.3 Å². The Hall–Kier alpha value is -1.22. The zero-order valence-electron chi connectivity index (χ0n) is 11.8. The SMILES string of the molecule is CC(C)N1CC(C(C)(C)C(=O)O)c2cc(Cl)ccc21. The third-order valence-electron chi connectivity index (χ3n) is 4.10. The van der Waals surface area contributed by atoms with E-state index in [2.05, 4.69) is 18.7 Å². The van der Waals surface area contributed by atoms with E-state index in [1.54, 1.807) is 13.8 Å². The zero-order valence-corrected chi connectivity index (χ0v) is 12.5. The minimum atomic E-state index is -0.803. The van der Waals surface area contributed by atoms with Gasteiger partial charge < -0.3 is 10.0 Å². The minimum Gasteiger partial charge on any atom is -0.481 e. The van der Waals surface area contributed by atoms with Gasteiger partial charge >= 0.3 is 5.97 Å². The third kappa shape index (κ3) is 2.32. The second-order valence-electron chi connectivity index (χ2n) is 6.03. The first-order chi connectivity index (χ1) is 8.75. The van der Waals surface area contributed by atoms with E-state index >= 15 is 0 Å². The molecule has 1 unspecified atom stereocenters. The Morgan fingerprint density at radius 1 is 1.47 bits per heavy atom. The maximum atomic E-state index is 11.5. The van der Waals surface area contributed by atoms with E-state index in [-0.39, 0.29) is 5.92 Å². The van der Waals surface area contributed by atoms with E-state index in [1.807, 2.05) is 18.2 Å². The van der Waals surface area contributed by atoms with Crippen molar-refractivity contribution in [1.29, 1.82) is 0 Å². The highest BCUT2D eigenvalue weighted by atomic mass is 35.5. The second-order valence-corrected chi connectivity index (χ2v) is 6.47. The molecule has 4 heteroatoms. The lowest BCUT2D eigenvalue weighted by atomic mass is 9.76. The van der Waals surface area contributed by atoms with Crippen molar-refractivity contribution in [1.82, 2.24) is 0 Å². The van der Waals surface area contributed by atoms with Crippen LogP contribution in [0.1, 0.15) is 39.2 Å². The van der Waals surface area contributed by atoms with Crippen LogP contribution in [0.5, 0.6) is 0 Å². The summed E-state index contributed by atoms with van der Waals surface area (Å²) in [5, 5.41) is 10.1. The molecule has 2 rings (SSSR count). The fourth-order valence-electron chi connectivity index (χ4n) is 2.71. The van der Waals surface area contributed by atoms with Gasteiger partial charge in [0.1, 0.15) is 0 Å². The van der Waals surface area contributed by atoms with E-state index in [0.717, 1.165) is 17.8 Å². The van der Waals surface area contributed by atoms with Gasteiger partial charge in [0.15, 0.2) is 0 Å². The molecule has 0 aliphatic carbocycles. The average molecular weight is 282 g/mol. The summed E-state index contributed by atoms with van der Waals surface area (Å²) in [4.78, 5) is 13.8. The van der Waals surface area contributed by atoms with Crippen molar-refractivity contribution in [3.8, 4) is 0 Å². The van der Waals surface area contributed by atoms with E-state index in [9.17, 15) is 9.90 Å². The first kappa shape index (κ1) is 14.2. The summed E-state index contributed by atoms with van der Waals surface area (Å²) in [6, 6.07) is 6.12. The van der Waals surface area contributed by atoms with Crippen LogP contribution in [0.2, 0.25) is 5.02 Å². The molecule has 0 fully saturated rings. The van der Waals surface area contributed by atoms with Crippen LogP contribution >= 0.6 is 11.6 Å². The molecule has 1 N–H and O–H groups in total. The molecule has 0 saturated carbocycles. The lowest BCUT2D eigenvalue weighted by Gasteiger charge is -2.29. The highest BCUT2D eigenvalue weighted by Crippen LogP contribution is 2.47. The monoisotopic (exact) mass is 281 g/mol. The number of nitrogens with zero attached hydrogens (tertiary/aromatic N) is 1. The first-order valence-electron chi connectivity index (χ1n) is 6.54. The molecule has 1 aromatic carbocycles. The Morgan fingerprint density at radius 2 is 2.11 bits per heavy atom. The summed E-state index contributed by atoms with van der Waals surface area (Å²) in [5.74, 6) is -0.810. The van der Waals surface area contributed by atoms with Crippen LogP contribution in [-0.4, -0.2) is 23.7 Å². The van der Waals surface area contributed by atoms with Crippen molar-refractivity contribution in [2.45, 2.75) is 39.7 Å². The summed E-state index contributed by atoms with van der Waals surface area (Å²) in [7, 11) is 0. The van der Waals surface area contributed by atoms with E-state index in [1.165, 1.54) is 0 Å². The standard InChI is InChI=1S/C15H20ClNO2/c1-9(2)17-8-12(15(3,4)14(18)19)11-7-10(16)5-6-13(11)17/h5-7,9,12H,8H2,1-4H3,(H,18,19). The molecule has 1 aliphatic rings. The average Bonchev–Trinajstić information content (AvgIpc) is 2.67. The number of rotatable bonds is 3. The Kier molecular flexibility index (Phi) is 3.52. The van der Waals surface area contributed by atoms with Gasteiger partial charge in [-0.05, 0) is 51.5 Å². The van der Waals surface area contributed by atoms with Gasteiger partial charge in [-0.25, -0.2) is 0 Å². The van der Waals surface area contributed by atoms with Gasteiger partial charge in [-0.2, -0.15) is 0 Å². The van der Waals surface area contributed by atoms with Crippen molar-refractivity contribution in [3.05, 3.63) is 28.8 Å². The predicted octanol–water partition coefficient (Wildman–Crippen LogP) is 3.76. The number of carboxylic acids is 1. The van der Waals surface area contributed by atoms with Gasteiger partial charge in [0.2, 0.25) is 0 Å². The van der Waals surface area contributed by atoms with Crippen LogP contribution in [0.25, 0.3) is 0 Å². The largest absolute Gasteiger partial charge is 0.481 e. The molecule has 0 bridgehead atoms. The number of hydrogen-bond donors (Lipinski definition) is 1. The summed E-state index contributed by atoms with van der Waals surface area (Å²) in [5.41, 5.74) is 1.36. The number of aliphatic carboxylic acids is 1. The number of carboxylic acid groups (broad SMARTS) is 1. The maximum absolute atomic E-state index is 11.5. The highest BCUT2D eigenvalue weighted by Gasteiger charge is 2.44. The minimum absolute atomic E-state index is 0.0406. The molecule has 1 aliphatic heterocycles. The molecule has 1 heterocycles. The molecule has 104 valence electrons. The molecule has 19 heavy (non-hydrogen) atoms. The molecule has 0 amide bonds. The molecule has 1 aromatic rings. The number of halogens is 1. The van der Waals surface area contributed by atoms with Crippen molar-refractivity contribution in [2.75, 3.05) is 11.4 Å². The topological polar surface area (TPSA) is 40.5 Å². The third-order valence-corrected chi connectivity index (χ3v) is 4.33. The second kappa shape index (κ2) is 4.71. The maximum Gasteiger partial charge on any atom is 0.309 e. The quantitative estimate of drug-likeness (QED) is 0.917. The molecular formula is C15H20ClNO2. The summed E-state index contributed by atoms with van der Waals surface area (Å²) < 4.78 is 0. The lowest BCUT2D eigenvalue weighted by Crippen LogP contribution is -2.36. The Bertz CT molecular complexity index is 511. The van der Waals surface area contributed by atoms with Crippen LogP contribution < -0.4 is 4.90 Å². The number of fused-ring (bicyclic) bond motifs is 1. The first-order valence-corrected chi connectivity index (χ1v) is 6.92. The van der Waals surface area contributed by atoms with Gasteiger partial charge in [0.05, 0.1) is 5.41 Å². The van der Waals surface area contributed by atoms with E-state index in [4.69, 9.17) is 11.6 Å². The Labute approximate surface area is 119 Å². The normalized spacial score (nSPS) is 18.8. The number of anilines is 1. The molecule has 0 saturated heterocycles. The van der Waals surface area contributed by atoms with Crippen molar-refractivity contribution in [2.24, 2.45) is 5.41 Å². The van der Waals surface area contributed by atoms with Crippen LogP contribution in [0.3, 0.4) is 0 Å². The predicted molar refractivity (Wildman–Crippen MR) is 78.1 cm³/mol. The number of carbonyl (C=O) groups is 1. The van der Waals surface area contributed by atoms with Gasteiger partial charge in [-0.3, -0.25) is 4.79 Å². The van der Waals surface area contributed by atoms with Crippen LogP contribution in [0.4, 0.5) is 5.69 Å². The van der Waals surface area contributed by atoms with Crippen molar-refractivity contribution < 1.29 is 9.90 Å². The fraction of sp³-hybridized carbons (Fsp3) is 0.533. The number of benzene rings is 1. The fourth-order valence-corrected chi connectivity index (χ4v) is 2.89.